The number of thiophene rings is 1. The zero-order valence-electron chi connectivity index (χ0n) is 16.2. The summed E-state index contributed by atoms with van der Waals surface area (Å²) in [5.74, 6) is 0.302. The minimum absolute atomic E-state index is 0.0926. The summed E-state index contributed by atoms with van der Waals surface area (Å²) in [5.41, 5.74) is 1.17. The zero-order chi connectivity index (χ0) is 19.9. The summed E-state index contributed by atoms with van der Waals surface area (Å²) in [6, 6.07) is 9.41. The van der Waals surface area contributed by atoms with Crippen molar-refractivity contribution in [2.24, 2.45) is 0 Å². The van der Waals surface area contributed by atoms with Crippen LogP contribution in [0.4, 0.5) is 11.4 Å². The predicted molar refractivity (Wildman–Crippen MR) is 112 cm³/mol. The van der Waals surface area contributed by atoms with E-state index < -0.39 is 0 Å². The number of carbonyl (C=O) groups excluding carboxylic acids is 2. The smallest absolute Gasteiger partial charge is 0.238 e. The second-order valence-electron chi connectivity index (χ2n) is 6.78. The molecule has 0 bridgehead atoms. The van der Waals surface area contributed by atoms with Crippen LogP contribution in [-0.2, 0) is 16.1 Å². The zero-order valence-corrected chi connectivity index (χ0v) is 17.1. The van der Waals surface area contributed by atoms with Crippen LogP contribution in [0.1, 0.15) is 11.8 Å². The lowest BCUT2D eigenvalue weighted by atomic mass is 10.2. The Morgan fingerprint density at radius 1 is 1.11 bits per heavy atom. The van der Waals surface area contributed by atoms with Crippen LogP contribution in [0.15, 0.2) is 35.7 Å². The van der Waals surface area contributed by atoms with Crippen molar-refractivity contribution >= 4 is 34.5 Å². The quantitative estimate of drug-likeness (QED) is 0.744. The van der Waals surface area contributed by atoms with Crippen LogP contribution in [0.5, 0.6) is 5.75 Å². The van der Waals surface area contributed by atoms with Crippen LogP contribution in [0, 0.1) is 0 Å². The molecule has 7 nitrogen and oxygen atoms in total. The van der Waals surface area contributed by atoms with E-state index in [0.29, 0.717) is 23.7 Å². The van der Waals surface area contributed by atoms with Gasteiger partial charge in [0.25, 0.3) is 0 Å². The SMILES string of the molecule is COc1ccc(NC(C)=O)cc1NC(=O)CN1CCN(Cc2cccs2)CC1. The molecular formula is C20H26N4O3S. The van der Waals surface area contributed by atoms with Gasteiger partial charge in [-0.3, -0.25) is 19.4 Å². The molecule has 2 aromatic rings. The van der Waals surface area contributed by atoms with Crippen LogP contribution in [0.25, 0.3) is 0 Å². The molecule has 150 valence electrons. The number of carbonyl (C=O) groups is 2. The number of amides is 2. The maximum atomic E-state index is 12.5. The van der Waals surface area contributed by atoms with E-state index in [4.69, 9.17) is 4.74 Å². The summed E-state index contributed by atoms with van der Waals surface area (Å²) in [5, 5.41) is 7.72. The summed E-state index contributed by atoms with van der Waals surface area (Å²) in [4.78, 5) is 29.7. The summed E-state index contributed by atoms with van der Waals surface area (Å²) in [7, 11) is 1.55. The van der Waals surface area contributed by atoms with Crippen LogP contribution in [-0.4, -0.2) is 61.4 Å². The number of ether oxygens (including phenoxy) is 1. The van der Waals surface area contributed by atoms with Crippen LogP contribution in [0.3, 0.4) is 0 Å². The van der Waals surface area contributed by atoms with E-state index in [1.807, 2.05) is 0 Å². The molecule has 0 radical (unpaired) electrons. The van der Waals surface area contributed by atoms with Crippen molar-refractivity contribution in [3.63, 3.8) is 0 Å². The molecule has 2 N–H and O–H groups in total. The average Bonchev–Trinajstić information content (AvgIpc) is 3.16. The molecule has 2 amide bonds. The monoisotopic (exact) mass is 402 g/mol. The fraction of sp³-hybridized carbons (Fsp3) is 0.400. The van der Waals surface area contributed by atoms with Gasteiger partial charge in [0.2, 0.25) is 11.8 Å². The van der Waals surface area contributed by atoms with Crippen LogP contribution in [0.2, 0.25) is 0 Å². The van der Waals surface area contributed by atoms with E-state index in [1.165, 1.54) is 11.8 Å². The molecule has 3 rings (SSSR count). The Bertz CT molecular complexity index is 802. The average molecular weight is 403 g/mol. The highest BCUT2D eigenvalue weighted by molar-refractivity contribution is 7.09. The summed E-state index contributed by atoms with van der Waals surface area (Å²) < 4.78 is 5.31. The lowest BCUT2D eigenvalue weighted by Crippen LogP contribution is -2.48. The van der Waals surface area contributed by atoms with Gasteiger partial charge in [0.1, 0.15) is 5.75 Å². The lowest BCUT2D eigenvalue weighted by molar-refractivity contribution is -0.117. The Hall–Kier alpha value is -2.42. The van der Waals surface area contributed by atoms with Gasteiger partial charge in [-0.1, -0.05) is 6.07 Å². The minimum Gasteiger partial charge on any atom is -0.495 e. The Morgan fingerprint density at radius 2 is 1.86 bits per heavy atom. The molecule has 28 heavy (non-hydrogen) atoms. The maximum absolute atomic E-state index is 12.5. The van der Waals surface area contributed by atoms with E-state index >= 15 is 0 Å². The largest absolute Gasteiger partial charge is 0.495 e. The third-order valence-electron chi connectivity index (χ3n) is 4.59. The molecule has 1 aliphatic heterocycles. The van der Waals surface area contributed by atoms with Gasteiger partial charge < -0.3 is 15.4 Å². The first-order valence-electron chi connectivity index (χ1n) is 9.26. The van der Waals surface area contributed by atoms with Gasteiger partial charge in [0.05, 0.1) is 19.3 Å². The van der Waals surface area contributed by atoms with Gasteiger partial charge in [-0.15, -0.1) is 11.3 Å². The van der Waals surface area contributed by atoms with Crippen molar-refractivity contribution < 1.29 is 14.3 Å². The molecule has 1 fully saturated rings. The molecular weight excluding hydrogens is 376 g/mol. The second kappa shape index (κ2) is 9.68. The molecule has 1 saturated heterocycles. The fourth-order valence-corrected chi connectivity index (χ4v) is 3.95. The number of benzene rings is 1. The van der Waals surface area contributed by atoms with E-state index in [2.05, 4.69) is 37.9 Å². The Kier molecular flexibility index (Phi) is 7.02. The Balaban J connectivity index is 1.51. The van der Waals surface area contributed by atoms with E-state index in [-0.39, 0.29) is 11.8 Å². The van der Waals surface area contributed by atoms with Crippen LogP contribution < -0.4 is 15.4 Å². The predicted octanol–water partition coefficient (Wildman–Crippen LogP) is 2.47. The number of rotatable bonds is 7. The van der Waals surface area contributed by atoms with E-state index in [1.54, 1.807) is 36.6 Å². The molecule has 8 heteroatoms. The van der Waals surface area contributed by atoms with Crippen molar-refractivity contribution in [2.45, 2.75) is 13.5 Å². The van der Waals surface area contributed by atoms with Crippen molar-refractivity contribution in [1.82, 2.24) is 9.80 Å². The number of piperazine rings is 1. The fourth-order valence-electron chi connectivity index (χ4n) is 3.21. The van der Waals surface area contributed by atoms with Gasteiger partial charge >= 0.3 is 0 Å². The number of hydrogen-bond donors (Lipinski definition) is 2. The van der Waals surface area contributed by atoms with E-state index in [9.17, 15) is 9.59 Å². The first kappa shape index (κ1) is 20.3. The molecule has 0 aliphatic carbocycles. The molecule has 0 saturated carbocycles. The van der Waals surface area contributed by atoms with Gasteiger partial charge in [-0.2, -0.15) is 0 Å². The molecule has 0 spiro atoms. The number of anilines is 2. The van der Waals surface area contributed by atoms with Crippen LogP contribution >= 0.6 is 11.3 Å². The standard InChI is InChI=1S/C20H26N4O3S/c1-15(25)21-16-5-6-19(27-2)18(12-16)22-20(26)14-24-9-7-23(8-10-24)13-17-4-3-11-28-17/h3-6,11-12H,7-10,13-14H2,1-2H3,(H,21,25)(H,22,26). The molecule has 1 aromatic carbocycles. The van der Waals surface area contributed by atoms with Gasteiger partial charge in [0, 0.05) is 50.2 Å². The van der Waals surface area contributed by atoms with Gasteiger partial charge in [-0.05, 0) is 29.6 Å². The van der Waals surface area contributed by atoms with Crippen molar-refractivity contribution in [3.8, 4) is 5.75 Å². The van der Waals surface area contributed by atoms with Gasteiger partial charge in [-0.25, -0.2) is 0 Å². The molecule has 1 aromatic heterocycles. The first-order valence-corrected chi connectivity index (χ1v) is 10.1. The molecule has 1 aliphatic rings. The summed E-state index contributed by atoms with van der Waals surface area (Å²) in [6.07, 6.45) is 0. The van der Waals surface area contributed by atoms with E-state index in [0.717, 1.165) is 32.7 Å². The van der Waals surface area contributed by atoms with Crippen molar-refractivity contribution in [3.05, 3.63) is 40.6 Å². The number of nitrogens with zero attached hydrogens (tertiary/aromatic N) is 2. The number of hydrogen-bond acceptors (Lipinski definition) is 6. The van der Waals surface area contributed by atoms with Crippen molar-refractivity contribution in [2.75, 3.05) is 50.5 Å². The summed E-state index contributed by atoms with van der Waals surface area (Å²) in [6.45, 7) is 6.38. The highest BCUT2D eigenvalue weighted by atomic mass is 32.1. The highest BCUT2D eigenvalue weighted by Gasteiger charge is 2.20. The third kappa shape index (κ3) is 5.79. The normalized spacial score (nSPS) is 15.2. The number of methoxy groups -OCH3 is 1. The first-order chi connectivity index (χ1) is 13.5. The minimum atomic E-state index is -0.164. The van der Waals surface area contributed by atoms with Crippen molar-refractivity contribution in [1.29, 1.82) is 0 Å². The van der Waals surface area contributed by atoms with Gasteiger partial charge in [0.15, 0.2) is 0 Å². The summed E-state index contributed by atoms with van der Waals surface area (Å²) >= 11 is 1.78. The number of nitrogens with one attached hydrogen (secondary N) is 2. The Labute approximate surface area is 169 Å². The maximum Gasteiger partial charge on any atom is 0.238 e. The Morgan fingerprint density at radius 3 is 2.50 bits per heavy atom. The second-order valence-corrected chi connectivity index (χ2v) is 7.81. The molecule has 2 heterocycles. The topological polar surface area (TPSA) is 73.9 Å². The lowest BCUT2D eigenvalue weighted by Gasteiger charge is -2.34. The molecule has 0 atom stereocenters. The third-order valence-corrected chi connectivity index (χ3v) is 5.45. The highest BCUT2D eigenvalue weighted by Crippen LogP contribution is 2.28. The molecule has 0 unspecified atom stereocenters.